The Morgan fingerprint density at radius 3 is 2.67 bits per heavy atom. The molecule has 2 aliphatic rings. The molecule has 0 radical (unpaired) electrons. The number of pyridine rings is 1. The Balaban J connectivity index is 1.98. The van der Waals surface area contributed by atoms with E-state index in [1.165, 1.54) is 6.07 Å². The second-order valence-electron chi connectivity index (χ2n) is 6.16. The van der Waals surface area contributed by atoms with Gasteiger partial charge >= 0.3 is 5.69 Å². The van der Waals surface area contributed by atoms with Crippen LogP contribution in [-0.4, -0.2) is 35.1 Å². The fraction of sp³-hybridized carbons (Fsp3) is 0.400. The third kappa shape index (κ3) is 2.44. The smallest absolute Gasteiger partial charge is 0.330 e. The summed E-state index contributed by atoms with van der Waals surface area (Å²) in [6.45, 7) is 1.26. The van der Waals surface area contributed by atoms with Gasteiger partial charge in [-0.05, 0) is 40.9 Å². The first kappa shape index (κ1) is 16.0. The fourth-order valence-corrected chi connectivity index (χ4v) is 4.24. The van der Waals surface area contributed by atoms with Gasteiger partial charge in [0.2, 0.25) is 5.15 Å². The summed E-state index contributed by atoms with van der Waals surface area (Å²) in [5.41, 5.74) is 0.146. The minimum Gasteiger partial charge on any atom is -0.362 e. The van der Waals surface area contributed by atoms with Crippen molar-refractivity contribution in [3.63, 3.8) is 0 Å². The van der Waals surface area contributed by atoms with Crippen LogP contribution in [0.4, 0.5) is 15.8 Å². The third-order valence-corrected chi connectivity index (χ3v) is 5.55. The van der Waals surface area contributed by atoms with E-state index >= 15 is 0 Å². The number of nitrogens with one attached hydrogen (secondary N) is 1. The predicted octanol–water partition coefficient (Wildman–Crippen LogP) is 3.64. The number of hydrogen-bond donors (Lipinski definition) is 1. The van der Waals surface area contributed by atoms with Crippen molar-refractivity contribution in [3.8, 4) is 0 Å². The topological polar surface area (TPSA) is 71.3 Å². The van der Waals surface area contributed by atoms with Crippen LogP contribution in [-0.2, 0) is 0 Å². The summed E-state index contributed by atoms with van der Waals surface area (Å²) in [6, 6.07) is 3.76. The zero-order chi connectivity index (χ0) is 17.0. The van der Waals surface area contributed by atoms with Gasteiger partial charge in [-0.25, -0.2) is 9.37 Å². The summed E-state index contributed by atoms with van der Waals surface area (Å²) in [5, 5.41) is 15.2. The van der Waals surface area contributed by atoms with Gasteiger partial charge in [0.1, 0.15) is 11.2 Å². The quantitative estimate of drug-likeness (QED) is 0.461. The Labute approximate surface area is 150 Å². The summed E-state index contributed by atoms with van der Waals surface area (Å²) < 4.78 is 14.7. The maximum absolute atomic E-state index is 14.5. The Morgan fingerprint density at radius 2 is 2.04 bits per heavy atom. The number of fused-ring (bicyclic) bond motifs is 3. The van der Waals surface area contributed by atoms with Gasteiger partial charge in [0, 0.05) is 30.6 Å². The average Bonchev–Trinajstić information content (AvgIpc) is 2.88. The van der Waals surface area contributed by atoms with E-state index < -0.39 is 10.7 Å². The Kier molecular flexibility index (Phi) is 3.85. The zero-order valence-corrected chi connectivity index (χ0v) is 14.8. The molecule has 126 valence electrons. The molecule has 0 unspecified atom stereocenters. The molecule has 0 aliphatic carbocycles. The molecule has 0 spiro atoms. The van der Waals surface area contributed by atoms with Gasteiger partial charge in [0.15, 0.2) is 5.82 Å². The second-order valence-corrected chi connectivity index (χ2v) is 7.37. The Hall–Kier alpha value is -1.51. The third-order valence-electron chi connectivity index (χ3n) is 4.67. The molecule has 0 amide bonds. The number of nitro groups is 1. The SMILES string of the molecule is O=[N+]([O-])c1c(Cl)nc2c(F)c(Br)ccc2c1N1C[C@H]2CC[C@@H](C1)N2. The van der Waals surface area contributed by atoms with Crippen molar-refractivity contribution >= 4 is 49.8 Å². The number of anilines is 1. The van der Waals surface area contributed by atoms with E-state index in [2.05, 4.69) is 26.2 Å². The van der Waals surface area contributed by atoms with Crippen LogP contribution in [0.3, 0.4) is 0 Å². The highest BCUT2D eigenvalue weighted by atomic mass is 79.9. The lowest BCUT2D eigenvalue weighted by molar-refractivity contribution is -0.384. The van der Waals surface area contributed by atoms with Crippen LogP contribution < -0.4 is 10.2 Å². The van der Waals surface area contributed by atoms with Crippen molar-refractivity contribution in [2.45, 2.75) is 24.9 Å². The molecule has 2 saturated heterocycles. The van der Waals surface area contributed by atoms with E-state index in [4.69, 9.17) is 11.6 Å². The zero-order valence-electron chi connectivity index (χ0n) is 12.4. The molecule has 2 aromatic rings. The first-order valence-electron chi connectivity index (χ1n) is 7.58. The maximum Gasteiger partial charge on any atom is 0.330 e. The highest BCUT2D eigenvalue weighted by Crippen LogP contribution is 2.43. The lowest BCUT2D eigenvalue weighted by atomic mass is 10.1. The van der Waals surface area contributed by atoms with Crippen LogP contribution in [0.1, 0.15) is 12.8 Å². The van der Waals surface area contributed by atoms with Gasteiger partial charge in [-0.1, -0.05) is 11.6 Å². The molecular formula is C15H13BrClFN4O2. The summed E-state index contributed by atoms with van der Waals surface area (Å²) >= 11 is 9.18. The lowest BCUT2D eigenvalue weighted by Gasteiger charge is -2.34. The monoisotopic (exact) mass is 414 g/mol. The van der Waals surface area contributed by atoms with Crippen molar-refractivity contribution in [1.29, 1.82) is 0 Å². The molecule has 1 aromatic heterocycles. The minimum absolute atomic E-state index is 0.0425. The molecular weight excluding hydrogens is 403 g/mol. The summed E-state index contributed by atoms with van der Waals surface area (Å²) in [5.74, 6) is -0.566. The van der Waals surface area contributed by atoms with E-state index in [-0.39, 0.29) is 32.9 Å². The number of aromatic nitrogens is 1. The summed E-state index contributed by atoms with van der Waals surface area (Å²) in [4.78, 5) is 16.9. The van der Waals surface area contributed by atoms with Crippen LogP contribution in [0.2, 0.25) is 5.15 Å². The number of halogens is 3. The summed E-state index contributed by atoms with van der Waals surface area (Å²) in [6.07, 6.45) is 2.07. The molecule has 2 bridgehead atoms. The first-order chi connectivity index (χ1) is 11.5. The van der Waals surface area contributed by atoms with Crippen LogP contribution >= 0.6 is 27.5 Å². The highest BCUT2D eigenvalue weighted by Gasteiger charge is 2.37. The molecule has 3 heterocycles. The average molecular weight is 416 g/mol. The van der Waals surface area contributed by atoms with Gasteiger partial charge in [-0.3, -0.25) is 10.1 Å². The van der Waals surface area contributed by atoms with Crippen LogP contribution in [0, 0.1) is 15.9 Å². The minimum atomic E-state index is -0.566. The molecule has 9 heteroatoms. The van der Waals surface area contributed by atoms with Gasteiger partial charge < -0.3 is 10.2 Å². The highest BCUT2D eigenvalue weighted by molar-refractivity contribution is 9.10. The second kappa shape index (κ2) is 5.79. The van der Waals surface area contributed by atoms with Crippen molar-refractivity contribution in [1.82, 2.24) is 10.3 Å². The van der Waals surface area contributed by atoms with E-state index in [9.17, 15) is 14.5 Å². The molecule has 1 aromatic carbocycles. The van der Waals surface area contributed by atoms with Crippen molar-refractivity contribution in [2.24, 2.45) is 0 Å². The van der Waals surface area contributed by atoms with E-state index in [0.717, 1.165) is 12.8 Å². The maximum atomic E-state index is 14.5. The van der Waals surface area contributed by atoms with Gasteiger partial charge in [0.05, 0.1) is 9.40 Å². The van der Waals surface area contributed by atoms with Crippen LogP contribution in [0.25, 0.3) is 10.9 Å². The van der Waals surface area contributed by atoms with E-state index in [1.807, 2.05) is 4.90 Å². The van der Waals surface area contributed by atoms with Crippen molar-refractivity contribution < 1.29 is 9.31 Å². The van der Waals surface area contributed by atoms with Gasteiger partial charge in [-0.2, -0.15) is 0 Å². The Bertz CT molecular complexity index is 853. The number of hydrogen-bond acceptors (Lipinski definition) is 5. The molecule has 2 fully saturated rings. The van der Waals surface area contributed by atoms with Crippen molar-refractivity contribution in [3.05, 3.63) is 37.7 Å². The molecule has 6 nitrogen and oxygen atoms in total. The number of rotatable bonds is 2. The largest absolute Gasteiger partial charge is 0.362 e. The standard InChI is InChI=1S/C15H13BrClFN4O2/c16-10-4-3-9-12(11(10)18)20-15(17)14(22(23)24)13(9)21-5-7-1-2-8(6-21)19-7/h3-4,7-8,19H,1-2,5-6H2/t7-,8+. The fourth-order valence-electron chi connectivity index (χ4n) is 3.68. The molecule has 1 N–H and O–H groups in total. The number of piperazine rings is 1. The molecule has 2 atom stereocenters. The van der Waals surface area contributed by atoms with Gasteiger partial charge in [0.25, 0.3) is 0 Å². The van der Waals surface area contributed by atoms with E-state index in [1.54, 1.807) is 6.07 Å². The first-order valence-corrected chi connectivity index (χ1v) is 8.75. The predicted molar refractivity (Wildman–Crippen MR) is 93.2 cm³/mol. The molecule has 24 heavy (non-hydrogen) atoms. The van der Waals surface area contributed by atoms with Crippen molar-refractivity contribution in [2.75, 3.05) is 18.0 Å². The van der Waals surface area contributed by atoms with Crippen LogP contribution in [0.5, 0.6) is 0 Å². The lowest BCUT2D eigenvalue weighted by Crippen LogP contribution is -2.51. The number of benzene rings is 1. The summed E-state index contributed by atoms with van der Waals surface area (Å²) in [7, 11) is 0. The van der Waals surface area contributed by atoms with Crippen LogP contribution in [0.15, 0.2) is 16.6 Å². The molecule has 2 aliphatic heterocycles. The van der Waals surface area contributed by atoms with E-state index in [0.29, 0.717) is 24.2 Å². The molecule has 4 rings (SSSR count). The molecule has 0 saturated carbocycles. The Morgan fingerprint density at radius 1 is 1.38 bits per heavy atom. The van der Waals surface area contributed by atoms with Gasteiger partial charge in [-0.15, -0.1) is 0 Å². The number of nitrogens with zero attached hydrogens (tertiary/aromatic N) is 3. The normalized spacial score (nSPS) is 23.0.